The van der Waals surface area contributed by atoms with Crippen LogP contribution in [0.2, 0.25) is 0 Å². The third-order valence-electron chi connectivity index (χ3n) is 6.21. The van der Waals surface area contributed by atoms with Gasteiger partial charge >= 0.3 is 0 Å². The van der Waals surface area contributed by atoms with Gasteiger partial charge in [-0.1, -0.05) is 18.2 Å². The molecule has 2 aromatic rings. The summed E-state index contributed by atoms with van der Waals surface area (Å²) in [6.07, 6.45) is -1.28. The molecule has 160 valence electrons. The maximum atomic E-state index is 13.9. The molecular formula is C23H16BrFN4O3. The molecular weight excluding hydrogens is 479 g/mol. The number of rotatable bonds is 3. The fraction of sp³-hybridized carbons (Fsp3) is 0.304. The first-order valence-corrected chi connectivity index (χ1v) is 10.3. The molecule has 2 aliphatic heterocycles. The van der Waals surface area contributed by atoms with Crippen molar-refractivity contribution in [2.24, 2.45) is 10.8 Å². The molecule has 2 bridgehead atoms. The van der Waals surface area contributed by atoms with Crippen LogP contribution < -0.4 is 4.74 Å². The van der Waals surface area contributed by atoms with Gasteiger partial charge < -0.3 is 14.2 Å². The highest BCUT2D eigenvalue weighted by Gasteiger charge is 2.79. The number of nitriles is 3. The Bertz CT molecular complexity index is 1230. The Hall–Kier alpha value is -3.45. The van der Waals surface area contributed by atoms with Crippen molar-refractivity contribution in [1.82, 2.24) is 0 Å². The van der Waals surface area contributed by atoms with Gasteiger partial charge in [0.25, 0.3) is 0 Å². The average Bonchev–Trinajstić information content (AvgIpc) is 2.98. The number of nitrogens with zero attached hydrogens (tertiary/aromatic N) is 3. The van der Waals surface area contributed by atoms with E-state index >= 15 is 0 Å². The number of ether oxygens (including phenoxy) is 3. The molecule has 7 nitrogen and oxygen atoms in total. The quantitative estimate of drug-likeness (QED) is 0.658. The second kappa shape index (κ2) is 7.31. The number of hydrogen-bond donors (Lipinski definition) is 1. The number of halogens is 2. The van der Waals surface area contributed by atoms with Gasteiger partial charge in [-0.05, 0) is 51.3 Å². The molecule has 2 aromatic carbocycles. The second-order valence-corrected chi connectivity index (χ2v) is 8.63. The maximum absolute atomic E-state index is 13.9. The van der Waals surface area contributed by atoms with Gasteiger partial charge in [0.05, 0.1) is 35.7 Å². The van der Waals surface area contributed by atoms with Crippen LogP contribution in [-0.2, 0) is 9.47 Å². The predicted octanol–water partition coefficient (Wildman–Crippen LogP) is 4.72. The third kappa shape index (κ3) is 2.61. The summed E-state index contributed by atoms with van der Waals surface area (Å²) in [7, 11) is 1.51. The Morgan fingerprint density at radius 3 is 2.22 bits per heavy atom. The number of nitrogens with one attached hydrogen (secondary N) is 1. The van der Waals surface area contributed by atoms with Crippen LogP contribution in [0, 0.1) is 56.0 Å². The van der Waals surface area contributed by atoms with Gasteiger partial charge in [0, 0.05) is 6.92 Å². The summed E-state index contributed by atoms with van der Waals surface area (Å²) >= 11 is 3.11. The van der Waals surface area contributed by atoms with Crippen LogP contribution in [0.25, 0.3) is 0 Å². The molecule has 0 amide bonds. The summed E-state index contributed by atoms with van der Waals surface area (Å²) in [5.74, 6) is -2.98. The van der Waals surface area contributed by atoms with Gasteiger partial charge in [0.1, 0.15) is 17.7 Å². The first-order chi connectivity index (χ1) is 15.2. The molecule has 0 spiro atoms. The maximum Gasteiger partial charge on any atom is 0.218 e. The molecule has 0 saturated carbocycles. The van der Waals surface area contributed by atoms with Crippen molar-refractivity contribution in [3.8, 4) is 24.0 Å². The summed E-state index contributed by atoms with van der Waals surface area (Å²) in [6.45, 7) is 1.57. The second-order valence-electron chi connectivity index (χ2n) is 7.78. The first-order valence-electron chi connectivity index (χ1n) is 9.51. The summed E-state index contributed by atoms with van der Waals surface area (Å²) in [5.41, 5.74) is -3.29. The summed E-state index contributed by atoms with van der Waals surface area (Å²) in [6, 6.07) is 16.7. The summed E-state index contributed by atoms with van der Waals surface area (Å²) in [5, 5.41) is 39.6. The lowest BCUT2D eigenvalue weighted by Crippen LogP contribution is -2.57. The van der Waals surface area contributed by atoms with Gasteiger partial charge in [0.15, 0.2) is 5.41 Å². The Labute approximate surface area is 192 Å². The summed E-state index contributed by atoms with van der Waals surface area (Å²) in [4.78, 5) is 0. The molecule has 9 heteroatoms. The van der Waals surface area contributed by atoms with E-state index in [1.165, 1.54) is 25.3 Å². The first kappa shape index (κ1) is 21.8. The largest absolute Gasteiger partial charge is 0.497 e. The Balaban J connectivity index is 2.00. The highest BCUT2D eigenvalue weighted by molar-refractivity contribution is 9.10. The van der Waals surface area contributed by atoms with Gasteiger partial charge in [0.2, 0.25) is 17.1 Å². The van der Waals surface area contributed by atoms with E-state index in [0.717, 1.165) is 0 Å². The normalized spacial score (nSPS) is 29.8. The third-order valence-corrected chi connectivity index (χ3v) is 6.82. The number of benzene rings is 2. The topological polar surface area (TPSA) is 123 Å². The lowest BCUT2D eigenvalue weighted by atomic mass is 9.52. The molecule has 0 aliphatic carbocycles. The highest BCUT2D eigenvalue weighted by Crippen LogP contribution is 2.69. The predicted molar refractivity (Wildman–Crippen MR) is 113 cm³/mol. The molecule has 2 saturated heterocycles. The molecule has 2 fully saturated rings. The number of fused-ring (bicyclic) bond motifs is 2. The minimum atomic E-state index is -2.16. The van der Waals surface area contributed by atoms with E-state index in [1.54, 1.807) is 31.2 Å². The number of methoxy groups -OCH3 is 1. The molecule has 0 aromatic heterocycles. The lowest BCUT2D eigenvalue weighted by Gasteiger charge is -2.48. The molecule has 1 N–H and O–H groups in total. The molecule has 4 atom stereocenters. The molecule has 4 unspecified atom stereocenters. The van der Waals surface area contributed by atoms with Crippen molar-refractivity contribution in [1.29, 1.82) is 21.2 Å². The van der Waals surface area contributed by atoms with E-state index in [1.807, 2.05) is 12.1 Å². The lowest BCUT2D eigenvalue weighted by molar-refractivity contribution is -0.253. The van der Waals surface area contributed by atoms with Crippen molar-refractivity contribution < 1.29 is 18.6 Å². The van der Waals surface area contributed by atoms with E-state index in [-0.39, 0.29) is 4.47 Å². The van der Waals surface area contributed by atoms with Crippen molar-refractivity contribution in [2.75, 3.05) is 7.11 Å². The van der Waals surface area contributed by atoms with E-state index in [2.05, 4.69) is 22.0 Å². The monoisotopic (exact) mass is 494 g/mol. The van der Waals surface area contributed by atoms with Gasteiger partial charge in [-0.2, -0.15) is 15.8 Å². The zero-order valence-corrected chi connectivity index (χ0v) is 18.6. The van der Waals surface area contributed by atoms with Crippen molar-refractivity contribution in [3.05, 3.63) is 63.9 Å². The number of hydrogen-bond acceptors (Lipinski definition) is 7. The fourth-order valence-electron chi connectivity index (χ4n) is 4.76. The van der Waals surface area contributed by atoms with Crippen LogP contribution in [-0.4, -0.2) is 18.8 Å². The van der Waals surface area contributed by atoms with Crippen LogP contribution in [0.3, 0.4) is 0 Å². The van der Waals surface area contributed by atoms with E-state index in [0.29, 0.717) is 16.9 Å². The van der Waals surface area contributed by atoms with Crippen molar-refractivity contribution in [2.45, 2.75) is 24.7 Å². The Morgan fingerprint density at radius 1 is 1.06 bits per heavy atom. The SMILES string of the molecule is COc1ccc(C2C3(C)OC(=N)C2(C#N)C(C#N)(C#N)C(c2ccc(F)c(Br)c2)O3)cc1. The molecule has 32 heavy (non-hydrogen) atoms. The van der Waals surface area contributed by atoms with E-state index in [4.69, 9.17) is 19.6 Å². The Kier molecular flexibility index (Phi) is 4.97. The summed E-state index contributed by atoms with van der Waals surface area (Å²) < 4.78 is 31.2. The minimum absolute atomic E-state index is 0.111. The average molecular weight is 495 g/mol. The Morgan fingerprint density at radius 2 is 1.69 bits per heavy atom. The smallest absolute Gasteiger partial charge is 0.218 e. The van der Waals surface area contributed by atoms with Crippen LogP contribution in [0.15, 0.2) is 46.9 Å². The highest BCUT2D eigenvalue weighted by atomic mass is 79.9. The zero-order chi connectivity index (χ0) is 23.3. The molecule has 2 heterocycles. The zero-order valence-electron chi connectivity index (χ0n) is 17.0. The van der Waals surface area contributed by atoms with Crippen LogP contribution in [0.1, 0.15) is 30.1 Å². The van der Waals surface area contributed by atoms with Crippen molar-refractivity contribution >= 4 is 21.8 Å². The molecule has 4 rings (SSSR count). The van der Waals surface area contributed by atoms with Crippen molar-refractivity contribution in [3.63, 3.8) is 0 Å². The van der Waals surface area contributed by atoms with Crippen LogP contribution in [0.4, 0.5) is 4.39 Å². The van der Waals surface area contributed by atoms with E-state index in [9.17, 15) is 20.2 Å². The van der Waals surface area contributed by atoms with E-state index < -0.39 is 40.4 Å². The van der Waals surface area contributed by atoms with Gasteiger partial charge in [-0.15, -0.1) is 0 Å². The standard InChI is InChI=1S/C23H16BrFN4O3/c1-21-18(13-3-6-15(30-2)7-4-13)23(12-28,20(29)32-21)22(10-26,11-27)19(31-21)14-5-8-17(25)16(24)9-14/h3-9,18-19,29H,1-2H3. The molecule has 2 aliphatic rings. The van der Waals surface area contributed by atoms with Crippen LogP contribution >= 0.6 is 15.9 Å². The van der Waals surface area contributed by atoms with Crippen LogP contribution in [0.5, 0.6) is 5.75 Å². The minimum Gasteiger partial charge on any atom is -0.497 e. The van der Waals surface area contributed by atoms with Gasteiger partial charge in [-0.3, -0.25) is 5.41 Å². The fourth-order valence-corrected chi connectivity index (χ4v) is 5.16. The van der Waals surface area contributed by atoms with Gasteiger partial charge in [-0.25, -0.2) is 4.39 Å². The molecule has 0 radical (unpaired) electrons.